The summed E-state index contributed by atoms with van der Waals surface area (Å²) in [4.78, 5) is 20.7. The Bertz CT molecular complexity index is 4160. The fourth-order valence-corrected chi connectivity index (χ4v) is 10.4. The first-order chi connectivity index (χ1) is 34.2. The van der Waals surface area contributed by atoms with Crippen LogP contribution in [0.2, 0.25) is 0 Å². The van der Waals surface area contributed by atoms with Gasteiger partial charge >= 0.3 is 0 Å². The van der Waals surface area contributed by atoms with Gasteiger partial charge in [-0.2, -0.15) is 9.97 Å². The Morgan fingerprint density at radius 2 is 1.01 bits per heavy atom. The third kappa shape index (κ3) is 6.43. The van der Waals surface area contributed by atoms with E-state index in [-0.39, 0.29) is 0 Å². The van der Waals surface area contributed by atoms with Crippen molar-refractivity contribution in [3.05, 3.63) is 223 Å². The number of hydrogen-bond donors (Lipinski definition) is 0. The standard InChI is InChI=1S/C62H40N6O/c1-3-15-43(16-4-1)59-64-60(46-31-28-39-14-7-8-19-45(39)38-46)66-62(65-59)68-55-25-12-10-21-50(55)52-37-36-51-49-20-9-11-24-54(49)67(56(51)57(52)68)47-34-32-41(33-35-47)40-26-29-42(30-27-40)48-22-13-23-53-58(48)69-61(63-53)44-17-5-2-6-18-44/h1-6,8-13,15-38H,7,14H2. The van der Waals surface area contributed by atoms with Gasteiger partial charge in [-0.15, -0.1) is 0 Å². The number of oxazole rings is 1. The molecule has 1 aliphatic carbocycles. The SMILES string of the molecule is C1=Cc2cc(-c3nc(-c4ccccc4)nc(-n4c5ccccc5c5ccc6c7ccccc7n(-c7ccc(-c8ccc(-c9cccc%10nc(-c%11ccccc%11)oc9%10)cc8)cc7)c6c54)n3)ccc2CC1. The molecule has 0 saturated carbocycles. The highest BCUT2D eigenvalue weighted by atomic mass is 16.3. The van der Waals surface area contributed by atoms with Gasteiger partial charge in [-0.3, -0.25) is 4.57 Å². The van der Waals surface area contributed by atoms with Crippen LogP contribution in [0.15, 0.2) is 217 Å². The minimum atomic E-state index is 0.567. The van der Waals surface area contributed by atoms with Gasteiger partial charge in [-0.1, -0.05) is 170 Å². The van der Waals surface area contributed by atoms with Gasteiger partial charge in [0.05, 0.1) is 22.1 Å². The summed E-state index contributed by atoms with van der Waals surface area (Å²) < 4.78 is 11.0. The number of para-hydroxylation sites is 3. The van der Waals surface area contributed by atoms with Gasteiger partial charge in [0.1, 0.15) is 5.52 Å². The Hall–Kier alpha value is -9.20. The smallest absolute Gasteiger partial charge is 0.238 e. The number of aromatic nitrogens is 6. The summed E-state index contributed by atoms with van der Waals surface area (Å²) in [5, 5.41) is 4.58. The van der Waals surface area contributed by atoms with E-state index in [4.69, 9.17) is 24.4 Å². The molecule has 69 heavy (non-hydrogen) atoms. The van der Waals surface area contributed by atoms with E-state index >= 15 is 0 Å². The fraction of sp³-hybridized carbons (Fsp3) is 0.0323. The minimum absolute atomic E-state index is 0.567. The molecule has 0 unspecified atom stereocenters. The maximum absolute atomic E-state index is 6.38. The number of rotatable bonds is 7. The van der Waals surface area contributed by atoms with E-state index in [0.717, 1.165) is 107 Å². The third-order valence-electron chi connectivity index (χ3n) is 13.7. The molecule has 0 fully saturated rings. The zero-order valence-electron chi connectivity index (χ0n) is 37.3. The zero-order chi connectivity index (χ0) is 45.4. The van der Waals surface area contributed by atoms with Gasteiger partial charge < -0.3 is 8.98 Å². The van der Waals surface area contributed by atoms with E-state index in [1.807, 2.05) is 60.7 Å². The summed E-state index contributed by atoms with van der Waals surface area (Å²) in [5.74, 6) is 2.45. The fourth-order valence-electron chi connectivity index (χ4n) is 10.4. The number of fused-ring (bicyclic) bond motifs is 9. The average Bonchev–Trinajstić information content (AvgIpc) is 4.12. The molecule has 4 aromatic heterocycles. The predicted octanol–water partition coefficient (Wildman–Crippen LogP) is 15.5. The van der Waals surface area contributed by atoms with Gasteiger partial charge in [-0.05, 0) is 89.2 Å². The quantitative estimate of drug-likeness (QED) is 0.159. The average molecular weight is 885 g/mol. The van der Waals surface area contributed by atoms with E-state index in [9.17, 15) is 0 Å². The first-order valence-corrected chi connectivity index (χ1v) is 23.4. The molecule has 4 heterocycles. The van der Waals surface area contributed by atoms with Crippen LogP contribution in [-0.2, 0) is 6.42 Å². The molecule has 0 saturated heterocycles. The van der Waals surface area contributed by atoms with E-state index in [1.54, 1.807) is 0 Å². The first kappa shape index (κ1) is 39.0. The number of nitrogens with zero attached hydrogens (tertiary/aromatic N) is 6. The monoisotopic (exact) mass is 884 g/mol. The molecule has 0 amide bonds. The molecule has 7 nitrogen and oxygen atoms in total. The van der Waals surface area contributed by atoms with E-state index < -0.39 is 0 Å². The summed E-state index contributed by atoms with van der Waals surface area (Å²) in [5.41, 5.74) is 16.7. The molecular weight excluding hydrogens is 845 g/mol. The van der Waals surface area contributed by atoms with Gasteiger partial charge in [0.25, 0.3) is 0 Å². The van der Waals surface area contributed by atoms with Gasteiger partial charge in [-0.25, -0.2) is 9.97 Å². The molecular formula is C62H40N6O. The van der Waals surface area contributed by atoms with Crippen LogP contribution in [0, 0.1) is 0 Å². The van der Waals surface area contributed by atoms with Crippen LogP contribution in [0.1, 0.15) is 17.5 Å². The van der Waals surface area contributed by atoms with Gasteiger partial charge in [0.15, 0.2) is 17.2 Å². The van der Waals surface area contributed by atoms with Crippen LogP contribution in [0.5, 0.6) is 0 Å². The number of benzene rings is 9. The number of hydrogen-bond acceptors (Lipinski definition) is 5. The topological polar surface area (TPSA) is 74.6 Å². The van der Waals surface area contributed by atoms with Crippen molar-refractivity contribution >= 4 is 60.8 Å². The summed E-state index contributed by atoms with van der Waals surface area (Å²) in [6, 6.07) is 72.5. The van der Waals surface area contributed by atoms with Crippen LogP contribution in [-0.4, -0.2) is 29.1 Å². The lowest BCUT2D eigenvalue weighted by molar-refractivity contribution is 0.621. The normalized spacial score (nSPS) is 12.5. The van der Waals surface area contributed by atoms with Gasteiger partial charge in [0.2, 0.25) is 11.8 Å². The number of allylic oxidation sites excluding steroid dienone is 1. The van der Waals surface area contributed by atoms with E-state index in [0.29, 0.717) is 23.5 Å². The highest BCUT2D eigenvalue weighted by molar-refractivity contribution is 6.23. The summed E-state index contributed by atoms with van der Waals surface area (Å²) in [7, 11) is 0. The van der Waals surface area contributed by atoms with Crippen molar-refractivity contribution < 1.29 is 4.42 Å². The Morgan fingerprint density at radius 3 is 1.74 bits per heavy atom. The molecule has 1 aliphatic rings. The second kappa shape index (κ2) is 15.7. The van der Waals surface area contributed by atoms with Crippen LogP contribution < -0.4 is 0 Å². The summed E-state index contributed by atoms with van der Waals surface area (Å²) in [6.07, 6.45) is 6.55. The lowest BCUT2D eigenvalue weighted by Crippen LogP contribution is -2.07. The maximum atomic E-state index is 6.38. The molecule has 0 N–H and O–H groups in total. The molecule has 324 valence electrons. The molecule has 0 aliphatic heterocycles. The van der Waals surface area contributed by atoms with Crippen molar-refractivity contribution in [1.29, 1.82) is 0 Å². The van der Waals surface area contributed by atoms with E-state index in [2.05, 4.69) is 167 Å². The minimum Gasteiger partial charge on any atom is -0.435 e. The molecule has 7 heteroatoms. The van der Waals surface area contributed by atoms with Gasteiger partial charge in [0, 0.05) is 49.5 Å². The maximum Gasteiger partial charge on any atom is 0.238 e. The second-order valence-electron chi connectivity index (χ2n) is 17.7. The molecule has 14 rings (SSSR count). The van der Waals surface area contributed by atoms with Crippen molar-refractivity contribution in [2.75, 3.05) is 0 Å². The highest BCUT2D eigenvalue weighted by Crippen LogP contribution is 2.42. The largest absolute Gasteiger partial charge is 0.435 e. The molecule has 0 radical (unpaired) electrons. The van der Waals surface area contributed by atoms with Crippen LogP contribution in [0.3, 0.4) is 0 Å². The van der Waals surface area contributed by atoms with Crippen LogP contribution in [0.4, 0.5) is 0 Å². The third-order valence-corrected chi connectivity index (χ3v) is 13.7. The summed E-state index contributed by atoms with van der Waals surface area (Å²) in [6.45, 7) is 0. The molecule has 9 aromatic carbocycles. The lowest BCUT2D eigenvalue weighted by atomic mass is 9.95. The predicted molar refractivity (Wildman–Crippen MR) is 281 cm³/mol. The Balaban J connectivity index is 0.923. The Kier molecular flexibility index (Phi) is 8.89. The first-order valence-electron chi connectivity index (χ1n) is 23.4. The van der Waals surface area contributed by atoms with Crippen molar-refractivity contribution in [2.45, 2.75) is 12.8 Å². The van der Waals surface area contributed by atoms with E-state index in [1.165, 1.54) is 16.5 Å². The second-order valence-corrected chi connectivity index (χ2v) is 17.7. The van der Waals surface area contributed by atoms with Crippen LogP contribution in [0.25, 0.3) is 129 Å². The molecule has 0 bridgehead atoms. The molecule has 13 aromatic rings. The van der Waals surface area contributed by atoms with Crippen molar-refractivity contribution in [3.63, 3.8) is 0 Å². The van der Waals surface area contributed by atoms with Crippen molar-refractivity contribution in [1.82, 2.24) is 29.1 Å². The zero-order valence-corrected chi connectivity index (χ0v) is 37.3. The molecule has 0 atom stereocenters. The van der Waals surface area contributed by atoms with Crippen molar-refractivity contribution in [3.8, 4) is 68.1 Å². The Labute approximate surface area is 397 Å². The van der Waals surface area contributed by atoms with Crippen LogP contribution >= 0.6 is 0 Å². The van der Waals surface area contributed by atoms with Crippen molar-refractivity contribution in [2.24, 2.45) is 0 Å². The number of aryl methyl sites for hydroxylation is 1. The summed E-state index contributed by atoms with van der Waals surface area (Å²) >= 11 is 0. The highest BCUT2D eigenvalue weighted by Gasteiger charge is 2.24. The lowest BCUT2D eigenvalue weighted by Gasteiger charge is -2.15. The Morgan fingerprint density at radius 1 is 0.420 bits per heavy atom. The molecule has 0 spiro atoms.